The summed E-state index contributed by atoms with van der Waals surface area (Å²) in [5.74, 6) is 0. The first kappa shape index (κ1) is 9.93. The third kappa shape index (κ3) is 1.66. The predicted octanol–water partition coefficient (Wildman–Crippen LogP) is 2.18. The van der Waals surface area contributed by atoms with E-state index in [9.17, 15) is 5.11 Å². The fourth-order valence-electron chi connectivity index (χ4n) is 1.83. The number of nitrogens with two attached hydrogens (primary N) is 1. The van der Waals surface area contributed by atoms with Crippen molar-refractivity contribution < 1.29 is 5.11 Å². The quantitative estimate of drug-likeness (QED) is 0.697. The van der Waals surface area contributed by atoms with Crippen molar-refractivity contribution >= 4 is 16.5 Å². The molecule has 2 aromatic rings. The van der Waals surface area contributed by atoms with Crippen molar-refractivity contribution in [3.8, 4) is 0 Å². The van der Waals surface area contributed by atoms with E-state index in [0.717, 1.165) is 22.0 Å². The van der Waals surface area contributed by atoms with Crippen LogP contribution in [-0.2, 0) is 0 Å². The molecule has 0 radical (unpaired) electrons. The van der Waals surface area contributed by atoms with Crippen molar-refractivity contribution in [1.29, 1.82) is 0 Å². The molecule has 3 nitrogen and oxygen atoms in total. The molecule has 2 rings (SSSR count). The summed E-state index contributed by atoms with van der Waals surface area (Å²) in [4.78, 5) is 4.22. The lowest BCUT2D eigenvalue weighted by Gasteiger charge is -2.12. The Morgan fingerprint density at radius 3 is 2.80 bits per heavy atom. The maximum Gasteiger partial charge on any atom is 0.0788 e. The molecular formula is C12H14N2O. The molecule has 0 saturated carbocycles. The van der Waals surface area contributed by atoms with E-state index in [-0.39, 0.29) is 0 Å². The zero-order valence-electron chi connectivity index (χ0n) is 8.86. The number of aryl methyl sites for hydroxylation is 1. The van der Waals surface area contributed by atoms with Crippen LogP contribution in [0, 0.1) is 6.92 Å². The number of pyridine rings is 1. The van der Waals surface area contributed by atoms with E-state index in [1.54, 1.807) is 13.1 Å². The van der Waals surface area contributed by atoms with E-state index in [2.05, 4.69) is 4.98 Å². The van der Waals surface area contributed by atoms with Crippen LogP contribution < -0.4 is 5.73 Å². The molecule has 0 bridgehead atoms. The van der Waals surface area contributed by atoms with Crippen LogP contribution in [0.25, 0.3) is 10.8 Å². The molecule has 0 aliphatic rings. The molecular weight excluding hydrogens is 188 g/mol. The normalized spacial score (nSPS) is 13.0. The van der Waals surface area contributed by atoms with E-state index in [1.165, 1.54) is 0 Å². The average Bonchev–Trinajstić information content (AvgIpc) is 2.17. The first-order chi connectivity index (χ1) is 7.09. The Balaban J connectivity index is 2.82. The lowest BCUT2D eigenvalue weighted by atomic mass is 10.0. The molecule has 15 heavy (non-hydrogen) atoms. The van der Waals surface area contributed by atoms with Crippen molar-refractivity contribution in [3.05, 3.63) is 35.7 Å². The largest absolute Gasteiger partial charge is 0.398 e. The summed E-state index contributed by atoms with van der Waals surface area (Å²) in [5, 5.41) is 11.7. The maximum absolute atomic E-state index is 9.66. The molecule has 0 aliphatic heterocycles. The Hall–Kier alpha value is -1.61. The highest BCUT2D eigenvalue weighted by atomic mass is 16.3. The highest BCUT2D eigenvalue weighted by molar-refractivity contribution is 5.89. The zero-order valence-corrected chi connectivity index (χ0v) is 8.86. The highest BCUT2D eigenvalue weighted by Gasteiger charge is 2.10. The minimum Gasteiger partial charge on any atom is -0.398 e. The van der Waals surface area contributed by atoms with Gasteiger partial charge in [0.05, 0.1) is 6.10 Å². The van der Waals surface area contributed by atoms with Gasteiger partial charge in [-0.15, -0.1) is 0 Å². The summed E-state index contributed by atoms with van der Waals surface area (Å²) in [6.07, 6.45) is 1.20. The number of aliphatic hydroxyl groups is 1. The van der Waals surface area contributed by atoms with Gasteiger partial charge in [0.1, 0.15) is 0 Å². The fraction of sp³-hybridized carbons (Fsp3) is 0.250. The molecule has 3 N–H and O–H groups in total. The van der Waals surface area contributed by atoms with Gasteiger partial charge in [0.15, 0.2) is 0 Å². The van der Waals surface area contributed by atoms with Crippen molar-refractivity contribution in [1.82, 2.24) is 4.98 Å². The minimum atomic E-state index is -0.571. The molecule has 1 aromatic carbocycles. The summed E-state index contributed by atoms with van der Waals surface area (Å²) in [7, 11) is 0. The third-order valence-electron chi connectivity index (χ3n) is 2.53. The van der Waals surface area contributed by atoms with Gasteiger partial charge in [0, 0.05) is 28.5 Å². The van der Waals surface area contributed by atoms with Gasteiger partial charge in [-0.2, -0.15) is 0 Å². The molecule has 1 unspecified atom stereocenters. The van der Waals surface area contributed by atoms with Crippen LogP contribution in [-0.4, -0.2) is 10.1 Å². The predicted molar refractivity (Wildman–Crippen MR) is 61.5 cm³/mol. The number of aliphatic hydroxyl groups excluding tert-OH is 1. The second kappa shape index (κ2) is 3.51. The summed E-state index contributed by atoms with van der Waals surface area (Å²) in [5.41, 5.74) is 8.18. The summed E-state index contributed by atoms with van der Waals surface area (Å²) >= 11 is 0. The van der Waals surface area contributed by atoms with Crippen molar-refractivity contribution in [2.24, 2.45) is 0 Å². The summed E-state index contributed by atoms with van der Waals surface area (Å²) in [6.45, 7) is 3.66. The van der Waals surface area contributed by atoms with E-state index < -0.39 is 6.10 Å². The zero-order chi connectivity index (χ0) is 11.0. The first-order valence-corrected chi connectivity index (χ1v) is 4.92. The van der Waals surface area contributed by atoms with Crippen molar-refractivity contribution in [3.63, 3.8) is 0 Å². The molecule has 1 aromatic heterocycles. The molecule has 0 amide bonds. The summed E-state index contributed by atoms with van der Waals surface area (Å²) in [6, 6.07) is 5.76. The van der Waals surface area contributed by atoms with Crippen molar-refractivity contribution in [2.45, 2.75) is 20.0 Å². The van der Waals surface area contributed by atoms with Gasteiger partial charge in [-0.25, -0.2) is 0 Å². The van der Waals surface area contributed by atoms with Crippen LogP contribution in [0.1, 0.15) is 24.3 Å². The monoisotopic (exact) mass is 202 g/mol. The van der Waals surface area contributed by atoms with Gasteiger partial charge in [-0.1, -0.05) is 6.07 Å². The van der Waals surface area contributed by atoms with E-state index in [0.29, 0.717) is 5.69 Å². The van der Waals surface area contributed by atoms with Crippen LogP contribution in [0.15, 0.2) is 24.4 Å². The smallest absolute Gasteiger partial charge is 0.0788 e. The van der Waals surface area contributed by atoms with Gasteiger partial charge >= 0.3 is 0 Å². The number of nitrogen functional groups attached to an aromatic ring is 1. The van der Waals surface area contributed by atoms with Gasteiger partial charge in [-0.05, 0) is 31.4 Å². The van der Waals surface area contributed by atoms with Gasteiger partial charge in [0.25, 0.3) is 0 Å². The van der Waals surface area contributed by atoms with Crippen LogP contribution in [0.4, 0.5) is 5.69 Å². The molecule has 1 heterocycles. The maximum atomic E-state index is 9.66. The number of aromatic nitrogens is 1. The fourth-order valence-corrected chi connectivity index (χ4v) is 1.83. The first-order valence-electron chi connectivity index (χ1n) is 4.92. The highest BCUT2D eigenvalue weighted by Crippen LogP contribution is 2.29. The Labute approximate surface area is 88.6 Å². The standard InChI is InChI=1S/C12H14N2O/c1-7-5-9-3-4-11(13)12(8(2)15)10(9)6-14-7/h3-6,8,15H,13H2,1-2H3. The van der Waals surface area contributed by atoms with Crippen LogP contribution in [0.2, 0.25) is 0 Å². The number of nitrogens with zero attached hydrogens (tertiary/aromatic N) is 1. The second-order valence-corrected chi connectivity index (χ2v) is 3.79. The SMILES string of the molecule is Cc1cc2ccc(N)c(C(C)O)c2cn1. The molecule has 0 aliphatic carbocycles. The number of anilines is 1. The van der Waals surface area contributed by atoms with Gasteiger partial charge in [-0.3, -0.25) is 4.98 Å². The van der Waals surface area contributed by atoms with E-state index in [4.69, 9.17) is 5.73 Å². The number of benzene rings is 1. The van der Waals surface area contributed by atoms with Crippen LogP contribution in [0.3, 0.4) is 0 Å². The lowest BCUT2D eigenvalue weighted by Crippen LogP contribution is -2.00. The average molecular weight is 202 g/mol. The Morgan fingerprint density at radius 1 is 1.40 bits per heavy atom. The van der Waals surface area contributed by atoms with E-state index in [1.807, 2.05) is 25.1 Å². The number of hydrogen-bond acceptors (Lipinski definition) is 3. The number of hydrogen-bond donors (Lipinski definition) is 2. The molecule has 78 valence electrons. The topological polar surface area (TPSA) is 59.1 Å². The van der Waals surface area contributed by atoms with Crippen LogP contribution in [0.5, 0.6) is 0 Å². The summed E-state index contributed by atoms with van der Waals surface area (Å²) < 4.78 is 0. The van der Waals surface area contributed by atoms with E-state index >= 15 is 0 Å². The minimum absolute atomic E-state index is 0.571. The molecule has 0 saturated heterocycles. The molecule has 3 heteroatoms. The Bertz CT molecular complexity index is 506. The number of rotatable bonds is 1. The van der Waals surface area contributed by atoms with Crippen LogP contribution >= 0.6 is 0 Å². The third-order valence-corrected chi connectivity index (χ3v) is 2.53. The number of fused-ring (bicyclic) bond motifs is 1. The molecule has 0 fully saturated rings. The van der Waals surface area contributed by atoms with Gasteiger partial charge < -0.3 is 10.8 Å². The Kier molecular flexibility index (Phi) is 2.32. The van der Waals surface area contributed by atoms with Gasteiger partial charge in [0.2, 0.25) is 0 Å². The van der Waals surface area contributed by atoms with Crippen molar-refractivity contribution in [2.75, 3.05) is 5.73 Å². The molecule has 1 atom stereocenters. The lowest BCUT2D eigenvalue weighted by molar-refractivity contribution is 0.201. The second-order valence-electron chi connectivity index (χ2n) is 3.79. The Morgan fingerprint density at radius 2 is 2.13 bits per heavy atom. The molecule has 0 spiro atoms.